The number of nitrogens with one attached hydrogen (secondary N) is 2. The lowest BCUT2D eigenvalue weighted by Crippen LogP contribution is -2.41. The monoisotopic (exact) mass is 392 g/mol. The Morgan fingerprint density at radius 1 is 1.08 bits per heavy atom. The molecule has 1 atom stereocenters. The molecule has 1 amide bonds. The average Bonchev–Trinajstić information content (AvgIpc) is 2.53. The lowest BCUT2D eigenvalue weighted by molar-refractivity contribution is -0.117. The van der Waals surface area contributed by atoms with Crippen molar-refractivity contribution in [3.05, 3.63) is 53.1 Å². The first-order valence-electron chi connectivity index (χ1n) is 8.19. The number of hydrogen-bond acceptors (Lipinski definition) is 4. The largest absolute Gasteiger partial charge is 0.325 e. The van der Waals surface area contributed by atoms with Crippen molar-refractivity contribution in [2.24, 2.45) is 0 Å². The summed E-state index contributed by atoms with van der Waals surface area (Å²) in [6.45, 7) is 6.97. The minimum Gasteiger partial charge on any atom is -0.325 e. The number of amides is 1. The van der Waals surface area contributed by atoms with Gasteiger partial charge in [-0.1, -0.05) is 23.8 Å². The molecule has 140 valence electrons. The quantitative estimate of drug-likeness (QED) is 0.736. The predicted octanol–water partition coefficient (Wildman–Crippen LogP) is 3.64. The normalized spacial score (nSPS) is 12.7. The first-order valence-corrected chi connectivity index (χ1v) is 10.9. The topological polar surface area (TPSA) is 75.3 Å². The molecule has 0 aliphatic rings. The van der Waals surface area contributed by atoms with Crippen molar-refractivity contribution in [1.82, 2.24) is 4.72 Å². The van der Waals surface area contributed by atoms with E-state index < -0.39 is 22.0 Å². The van der Waals surface area contributed by atoms with Gasteiger partial charge in [0.25, 0.3) is 0 Å². The third-order valence-electron chi connectivity index (χ3n) is 3.94. The van der Waals surface area contributed by atoms with Gasteiger partial charge in [-0.15, -0.1) is 11.8 Å². The minimum atomic E-state index is -3.80. The zero-order valence-electron chi connectivity index (χ0n) is 15.6. The van der Waals surface area contributed by atoms with Crippen LogP contribution in [0.3, 0.4) is 0 Å². The van der Waals surface area contributed by atoms with Gasteiger partial charge >= 0.3 is 0 Å². The van der Waals surface area contributed by atoms with Crippen LogP contribution >= 0.6 is 11.8 Å². The molecule has 0 aromatic heterocycles. The molecule has 7 heteroatoms. The Labute approximate surface area is 159 Å². The van der Waals surface area contributed by atoms with Gasteiger partial charge in [-0.25, -0.2) is 8.42 Å². The molecule has 26 heavy (non-hydrogen) atoms. The standard InChI is InChI=1S/C19H24N2O3S2/c1-12-9-13(2)18(14(3)10-12)26(23,24)21-15(4)19(22)20-16-7-6-8-17(11-16)25-5/h6-11,15,21H,1-5H3,(H,20,22). The number of benzene rings is 2. The Morgan fingerprint density at radius 2 is 1.69 bits per heavy atom. The van der Waals surface area contributed by atoms with Crippen molar-refractivity contribution in [2.75, 3.05) is 11.6 Å². The van der Waals surface area contributed by atoms with E-state index in [0.29, 0.717) is 16.8 Å². The van der Waals surface area contributed by atoms with Crippen molar-refractivity contribution in [3.63, 3.8) is 0 Å². The highest BCUT2D eigenvalue weighted by atomic mass is 32.2. The summed E-state index contributed by atoms with van der Waals surface area (Å²) >= 11 is 1.57. The molecule has 2 aromatic carbocycles. The minimum absolute atomic E-state index is 0.229. The molecule has 0 fully saturated rings. The van der Waals surface area contributed by atoms with E-state index in [1.54, 1.807) is 31.7 Å². The lowest BCUT2D eigenvalue weighted by Gasteiger charge is -2.17. The second-order valence-corrected chi connectivity index (χ2v) is 8.82. The Hall–Kier alpha value is -1.83. The first kappa shape index (κ1) is 20.5. The van der Waals surface area contributed by atoms with Crippen molar-refractivity contribution >= 4 is 33.4 Å². The average molecular weight is 393 g/mol. The van der Waals surface area contributed by atoms with E-state index in [1.165, 1.54) is 6.92 Å². The predicted molar refractivity (Wildman–Crippen MR) is 107 cm³/mol. The molecule has 0 aliphatic carbocycles. The van der Waals surface area contributed by atoms with Gasteiger partial charge < -0.3 is 5.32 Å². The number of anilines is 1. The third-order valence-corrected chi connectivity index (χ3v) is 6.51. The third kappa shape index (κ3) is 4.87. The highest BCUT2D eigenvalue weighted by Gasteiger charge is 2.25. The molecule has 5 nitrogen and oxygen atoms in total. The molecule has 2 aromatic rings. The smallest absolute Gasteiger partial charge is 0.242 e. The summed E-state index contributed by atoms with van der Waals surface area (Å²) in [4.78, 5) is 13.6. The molecule has 0 aliphatic heterocycles. The van der Waals surface area contributed by atoms with Crippen LogP contribution in [0.25, 0.3) is 0 Å². The van der Waals surface area contributed by atoms with Gasteiger partial charge in [0.05, 0.1) is 10.9 Å². The Balaban J connectivity index is 2.17. The second kappa shape index (κ2) is 8.24. The summed E-state index contributed by atoms with van der Waals surface area (Å²) < 4.78 is 28.0. The van der Waals surface area contributed by atoms with Crippen molar-refractivity contribution in [1.29, 1.82) is 0 Å². The summed E-state index contributed by atoms with van der Waals surface area (Å²) in [5.41, 5.74) is 2.96. The zero-order chi connectivity index (χ0) is 19.5. The van der Waals surface area contributed by atoms with Gasteiger partial charge in [0.2, 0.25) is 15.9 Å². The van der Waals surface area contributed by atoms with E-state index in [-0.39, 0.29) is 4.90 Å². The van der Waals surface area contributed by atoms with Crippen LogP contribution in [-0.4, -0.2) is 26.6 Å². The van der Waals surface area contributed by atoms with Crippen LogP contribution in [0.15, 0.2) is 46.2 Å². The number of rotatable bonds is 6. The van der Waals surface area contributed by atoms with Gasteiger partial charge in [0.15, 0.2) is 0 Å². The molecule has 0 bridgehead atoms. The Morgan fingerprint density at radius 3 is 2.27 bits per heavy atom. The number of hydrogen-bond donors (Lipinski definition) is 2. The number of aryl methyl sites for hydroxylation is 3. The van der Waals surface area contributed by atoms with Gasteiger partial charge in [-0.2, -0.15) is 4.72 Å². The molecule has 0 saturated carbocycles. The van der Waals surface area contributed by atoms with E-state index in [1.807, 2.05) is 43.5 Å². The van der Waals surface area contributed by atoms with Gasteiger partial charge in [0, 0.05) is 10.6 Å². The maximum Gasteiger partial charge on any atom is 0.242 e. The van der Waals surface area contributed by atoms with E-state index in [9.17, 15) is 13.2 Å². The molecule has 2 N–H and O–H groups in total. The molecule has 1 unspecified atom stereocenters. The molecule has 0 heterocycles. The van der Waals surface area contributed by atoms with Gasteiger partial charge in [-0.3, -0.25) is 4.79 Å². The van der Waals surface area contributed by atoms with Crippen LogP contribution in [0.4, 0.5) is 5.69 Å². The molecule has 0 spiro atoms. The molecule has 2 rings (SSSR count). The maximum atomic E-state index is 12.8. The van der Waals surface area contributed by atoms with Gasteiger partial charge in [-0.05, 0) is 63.3 Å². The van der Waals surface area contributed by atoms with E-state index in [2.05, 4.69) is 10.0 Å². The summed E-state index contributed by atoms with van der Waals surface area (Å²) in [7, 11) is -3.80. The molecule has 0 saturated heterocycles. The zero-order valence-corrected chi connectivity index (χ0v) is 17.2. The lowest BCUT2D eigenvalue weighted by atomic mass is 10.1. The summed E-state index contributed by atoms with van der Waals surface area (Å²) in [6, 6.07) is 10.1. The van der Waals surface area contributed by atoms with Crippen molar-refractivity contribution in [3.8, 4) is 0 Å². The first-order chi connectivity index (χ1) is 12.1. The van der Waals surface area contributed by atoms with Crippen molar-refractivity contribution < 1.29 is 13.2 Å². The second-order valence-electron chi connectivity index (χ2n) is 6.29. The summed E-state index contributed by atoms with van der Waals surface area (Å²) in [6.07, 6.45) is 1.95. The van der Waals surface area contributed by atoms with Crippen LogP contribution in [-0.2, 0) is 14.8 Å². The maximum absolute atomic E-state index is 12.8. The van der Waals surface area contributed by atoms with E-state index in [0.717, 1.165) is 10.5 Å². The SMILES string of the molecule is CSc1cccc(NC(=O)C(C)NS(=O)(=O)c2c(C)cc(C)cc2C)c1. The van der Waals surface area contributed by atoms with Crippen LogP contribution in [0.5, 0.6) is 0 Å². The molecular weight excluding hydrogens is 368 g/mol. The summed E-state index contributed by atoms with van der Waals surface area (Å²) in [5.74, 6) is -0.408. The highest BCUT2D eigenvalue weighted by Crippen LogP contribution is 2.22. The van der Waals surface area contributed by atoms with E-state index >= 15 is 0 Å². The number of thioether (sulfide) groups is 1. The fourth-order valence-corrected chi connectivity index (χ4v) is 5.00. The Kier molecular flexibility index (Phi) is 6.49. The fourth-order valence-electron chi connectivity index (χ4n) is 2.89. The van der Waals surface area contributed by atoms with Crippen molar-refractivity contribution in [2.45, 2.75) is 43.5 Å². The van der Waals surface area contributed by atoms with Crippen LogP contribution in [0.2, 0.25) is 0 Å². The van der Waals surface area contributed by atoms with Crippen LogP contribution < -0.4 is 10.0 Å². The van der Waals surface area contributed by atoms with Crippen LogP contribution in [0, 0.1) is 20.8 Å². The molecular formula is C19H24N2O3S2. The van der Waals surface area contributed by atoms with Crippen LogP contribution in [0.1, 0.15) is 23.6 Å². The highest BCUT2D eigenvalue weighted by molar-refractivity contribution is 7.98. The number of sulfonamides is 1. The van der Waals surface area contributed by atoms with E-state index in [4.69, 9.17) is 0 Å². The number of carbonyl (C=O) groups excluding carboxylic acids is 1. The van der Waals surface area contributed by atoms with Gasteiger partial charge in [0.1, 0.15) is 0 Å². The summed E-state index contributed by atoms with van der Waals surface area (Å²) in [5, 5.41) is 2.75. The fraction of sp³-hybridized carbons (Fsp3) is 0.316. The molecule has 0 radical (unpaired) electrons. The number of carbonyl (C=O) groups is 1. The Bertz CT molecular complexity index is 901.